The average Bonchev–Trinajstić information content (AvgIpc) is 3.17. The Morgan fingerprint density at radius 3 is 2.37 bits per heavy atom. The number of ether oxygens (including phenoxy) is 3. The second-order valence-corrected chi connectivity index (χ2v) is 13.5. The Bertz CT molecular complexity index is 1400. The molecule has 2 aromatic carbocycles. The van der Waals surface area contributed by atoms with Gasteiger partial charge >= 0.3 is 5.97 Å². The molecule has 0 amide bonds. The highest BCUT2D eigenvalue weighted by Gasteiger charge is 2.38. The molecule has 5 rings (SSSR count). The topological polar surface area (TPSA) is 114 Å². The molecule has 8 nitrogen and oxygen atoms in total. The molecular weight excluding hydrogens is 582 g/mol. The van der Waals surface area contributed by atoms with E-state index in [-0.39, 0.29) is 29.6 Å². The van der Waals surface area contributed by atoms with Gasteiger partial charge in [0.25, 0.3) is 0 Å². The predicted octanol–water partition coefficient (Wildman–Crippen LogP) is 7.24. The van der Waals surface area contributed by atoms with Crippen molar-refractivity contribution in [3.8, 4) is 23.0 Å². The SMILES string of the molecule is COc1cc(CC[C@H](CC(=O)C[C@@H]2c3cc(OC)c(O)cc3C(CNC3CCCCC3)=C[C@@H]3CCCC[C@@H]32)OC(C)=O)ccc1O. The maximum atomic E-state index is 13.9. The first-order valence-electron chi connectivity index (χ1n) is 17.2. The zero-order valence-corrected chi connectivity index (χ0v) is 27.7. The maximum absolute atomic E-state index is 13.9. The first kappa shape index (κ1) is 33.8. The molecule has 8 heteroatoms. The number of hydrogen-bond donors (Lipinski definition) is 3. The fourth-order valence-corrected chi connectivity index (χ4v) is 8.01. The van der Waals surface area contributed by atoms with Crippen LogP contribution in [0.15, 0.2) is 36.4 Å². The first-order valence-corrected chi connectivity index (χ1v) is 17.2. The van der Waals surface area contributed by atoms with Crippen molar-refractivity contribution in [1.82, 2.24) is 5.32 Å². The smallest absolute Gasteiger partial charge is 0.302 e. The average molecular weight is 634 g/mol. The van der Waals surface area contributed by atoms with Gasteiger partial charge in [0, 0.05) is 32.4 Å². The Hall–Kier alpha value is -3.52. The Labute approximate surface area is 273 Å². The van der Waals surface area contributed by atoms with Crippen LogP contribution in [0.25, 0.3) is 5.57 Å². The number of ketones is 1. The third kappa shape index (κ3) is 8.44. The van der Waals surface area contributed by atoms with Crippen LogP contribution in [0.3, 0.4) is 0 Å². The van der Waals surface area contributed by atoms with Crippen molar-refractivity contribution in [2.45, 2.75) is 108 Å². The molecule has 0 heterocycles. The molecule has 2 aromatic rings. The molecule has 46 heavy (non-hydrogen) atoms. The van der Waals surface area contributed by atoms with E-state index in [0.29, 0.717) is 48.6 Å². The summed E-state index contributed by atoms with van der Waals surface area (Å²) in [6.07, 6.45) is 14.0. The Morgan fingerprint density at radius 2 is 1.63 bits per heavy atom. The van der Waals surface area contributed by atoms with E-state index in [1.165, 1.54) is 58.1 Å². The largest absolute Gasteiger partial charge is 0.504 e. The summed E-state index contributed by atoms with van der Waals surface area (Å²) < 4.78 is 16.5. The van der Waals surface area contributed by atoms with Crippen LogP contribution in [0.1, 0.15) is 107 Å². The van der Waals surface area contributed by atoms with E-state index in [4.69, 9.17) is 14.2 Å². The molecule has 2 saturated carbocycles. The lowest BCUT2D eigenvalue weighted by Crippen LogP contribution is -2.32. The number of aromatic hydroxyl groups is 2. The molecule has 0 saturated heterocycles. The molecule has 3 aliphatic carbocycles. The van der Waals surface area contributed by atoms with Crippen LogP contribution >= 0.6 is 0 Å². The molecule has 0 unspecified atom stereocenters. The second-order valence-electron chi connectivity index (χ2n) is 13.5. The van der Waals surface area contributed by atoms with Gasteiger partial charge in [-0.3, -0.25) is 9.59 Å². The summed E-state index contributed by atoms with van der Waals surface area (Å²) in [5, 5.41) is 24.7. The van der Waals surface area contributed by atoms with Crippen LogP contribution in [0, 0.1) is 11.8 Å². The van der Waals surface area contributed by atoms with Crippen LogP contribution < -0.4 is 14.8 Å². The highest BCUT2D eigenvalue weighted by atomic mass is 16.5. The lowest BCUT2D eigenvalue weighted by Gasteiger charge is -2.35. The van der Waals surface area contributed by atoms with E-state index in [9.17, 15) is 19.8 Å². The van der Waals surface area contributed by atoms with Crippen LogP contribution in [0.5, 0.6) is 23.0 Å². The fourth-order valence-electron chi connectivity index (χ4n) is 8.01. The van der Waals surface area contributed by atoms with Gasteiger partial charge in [-0.1, -0.05) is 44.2 Å². The lowest BCUT2D eigenvalue weighted by atomic mass is 9.69. The molecule has 0 aromatic heterocycles. The van der Waals surface area contributed by atoms with E-state index in [2.05, 4.69) is 11.4 Å². The summed E-state index contributed by atoms with van der Waals surface area (Å²) in [6, 6.07) is 9.47. The monoisotopic (exact) mass is 633 g/mol. The van der Waals surface area contributed by atoms with Crippen LogP contribution in [-0.4, -0.2) is 54.9 Å². The van der Waals surface area contributed by atoms with Crippen molar-refractivity contribution in [3.05, 3.63) is 53.1 Å². The van der Waals surface area contributed by atoms with Gasteiger partial charge < -0.3 is 29.7 Å². The summed E-state index contributed by atoms with van der Waals surface area (Å²) in [7, 11) is 3.07. The maximum Gasteiger partial charge on any atom is 0.302 e. The number of benzene rings is 2. The number of esters is 1. The van der Waals surface area contributed by atoms with Gasteiger partial charge in [-0.25, -0.2) is 0 Å². The highest BCUT2D eigenvalue weighted by molar-refractivity contribution is 5.82. The number of hydrogen-bond acceptors (Lipinski definition) is 8. The minimum atomic E-state index is -0.556. The molecule has 2 fully saturated rings. The van der Waals surface area contributed by atoms with Crippen LogP contribution in [0.2, 0.25) is 0 Å². The molecular formula is C38H51NO7. The quantitative estimate of drug-likeness (QED) is 0.198. The lowest BCUT2D eigenvalue weighted by molar-refractivity contribution is -0.147. The van der Waals surface area contributed by atoms with Crippen molar-refractivity contribution in [3.63, 3.8) is 0 Å². The molecule has 0 aliphatic heterocycles. The highest BCUT2D eigenvalue weighted by Crippen LogP contribution is 2.50. The molecule has 0 spiro atoms. The normalized spacial score (nSPS) is 22.1. The minimum Gasteiger partial charge on any atom is -0.504 e. The van der Waals surface area contributed by atoms with Crippen molar-refractivity contribution < 1.29 is 34.0 Å². The number of methoxy groups -OCH3 is 2. The van der Waals surface area contributed by atoms with Gasteiger partial charge in [0.1, 0.15) is 11.9 Å². The number of carbonyl (C=O) groups is 2. The number of aryl methyl sites for hydroxylation is 1. The van der Waals surface area contributed by atoms with Gasteiger partial charge in [0.05, 0.1) is 14.2 Å². The van der Waals surface area contributed by atoms with E-state index < -0.39 is 12.1 Å². The second kappa shape index (κ2) is 15.9. The summed E-state index contributed by atoms with van der Waals surface area (Å²) in [5.41, 5.74) is 4.20. The third-order valence-electron chi connectivity index (χ3n) is 10.3. The number of rotatable bonds is 13. The number of phenols is 2. The predicted molar refractivity (Wildman–Crippen MR) is 178 cm³/mol. The van der Waals surface area contributed by atoms with E-state index in [0.717, 1.165) is 42.5 Å². The Kier molecular flexibility index (Phi) is 11.7. The number of Topliss-reactive ketones (excluding diaryl/α,β-unsaturated/α-hetero) is 1. The van der Waals surface area contributed by atoms with Crippen LogP contribution in [-0.2, 0) is 20.7 Å². The fraction of sp³-hybridized carbons (Fsp3) is 0.579. The summed E-state index contributed by atoms with van der Waals surface area (Å²) >= 11 is 0. The molecule has 0 radical (unpaired) electrons. The number of carbonyl (C=O) groups excluding carboxylic acids is 2. The first-order chi connectivity index (χ1) is 22.2. The molecule has 250 valence electrons. The number of nitrogens with one attached hydrogen (secondary N) is 1. The van der Waals surface area contributed by atoms with Crippen molar-refractivity contribution in [2.24, 2.45) is 11.8 Å². The van der Waals surface area contributed by atoms with Gasteiger partial charge in [0.2, 0.25) is 0 Å². The molecule has 4 atom stereocenters. The summed E-state index contributed by atoms with van der Waals surface area (Å²) in [6.45, 7) is 2.12. The van der Waals surface area contributed by atoms with Gasteiger partial charge in [-0.15, -0.1) is 0 Å². The summed E-state index contributed by atoms with van der Waals surface area (Å²) in [4.78, 5) is 26.0. The van der Waals surface area contributed by atoms with Crippen molar-refractivity contribution in [1.29, 1.82) is 0 Å². The molecule has 0 bridgehead atoms. The minimum absolute atomic E-state index is 0.0370. The van der Waals surface area contributed by atoms with Gasteiger partial charge in [-0.2, -0.15) is 0 Å². The number of phenolic OH excluding ortho intramolecular Hbond substituents is 2. The van der Waals surface area contributed by atoms with E-state index in [1.807, 2.05) is 18.2 Å². The van der Waals surface area contributed by atoms with Gasteiger partial charge in [-0.05, 0) is 103 Å². The number of fused-ring (bicyclic) bond motifs is 2. The standard InChI is InChI=1S/C38H51NO7/c1-24(40)46-30(15-13-25-14-16-35(42)37(17-25)44-2)19-29(41)20-33-31-12-8-7-9-26(31)18-27(23-39-28-10-5-4-6-11-28)32-21-36(43)38(45-3)22-34(32)33/h14,16-18,21-22,26,28,30-31,33,39,42-43H,4-13,15,19-20,23H2,1-3H3/t26-,30+,31-,33-/m0/s1. The Balaban J connectivity index is 1.38. The Morgan fingerprint density at radius 1 is 0.913 bits per heavy atom. The zero-order valence-electron chi connectivity index (χ0n) is 27.7. The van der Waals surface area contributed by atoms with Crippen molar-refractivity contribution >= 4 is 17.3 Å². The number of allylic oxidation sites excluding steroid dienone is 1. The van der Waals surface area contributed by atoms with Crippen molar-refractivity contribution in [2.75, 3.05) is 20.8 Å². The van der Waals surface area contributed by atoms with Crippen LogP contribution in [0.4, 0.5) is 0 Å². The third-order valence-corrected chi connectivity index (χ3v) is 10.3. The summed E-state index contributed by atoms with van der Waals surface area (Å²) in [5.74, 6) is 1.25. The van der Waals surface area contributed by atoms with E-state index >= 15 is 0 Å². The van der Waals surface area contributed by atoms with Gasteiger partial charge in [0.15, 0.2) is 23.0 Å². The molecule has 3 N–H and O–H groups in total. The zero-order chi connectivity index (χ0) is 32.6. The van der Waals surface area contributed by atoms with E-state index in [1.54, 1.807) is 19.2 Å². The molecule has 3 aliphatic rings.